The molecule has 1 atom stereocenters. The molecule has 1 unspecified atom stereocenters. The molecule has 0 bridgehead atoms. The van der Waals surface area contributed by atoms with Crippen LogP contribution >= 0.6 is 0 Å². The monoisotopic (exact) mass is 320 g/mol. The fraction of sp³-hybridized carbons (Fsp3) is 0.188. The first-order valence-corrected chi connectivity index (χ1v) is 8.02. The third-order valence-electron chi connectivity index (χ3n) is 3.17. The number of rotatable bonds is 5. The van der Waals surface area contributed by atoms with E-state index in [1.165, 1.54) is 31.4 Å². The molecule has 116 valence electrons. The first-order chi connectivity index (χ1) is 10.4. The summed E-state index contributed by atoms with van der Waals surface area (Å²) in [5.74, 6) is -0.597. The maximum atomic E-state index is 12.1. The minimum absolute atomic E-state index is 0.0852. The van der Waals surface area contributed by atoms with Crippen LogP contribution in [-0.2, 0) is 19.6 Å². The quantitative estimate of drug-likeness (QED) is 0.626. The van der Waals surface area contributed by atoms with Gasteiger partial charge in [-0.2, -0.15) is 8.42 Å². The predicted octanol–water partition coefficient (Wildman–Crippen LogP) is 2.73. The van der Waals surface area contributed by atoms with E-state index in [0.717, 1.165) is 5.56 Å². The summed E-state index contributed by atoms with van der Waals surface area (Å²) in [6.07, 6.45) is 0. The van der Waals surface area contributed by atoms with Crippen LogP contribution in [0.1, 0.15) is 18.4 Å². The largest absolute Gasteiger partial charge is 0.469 e. The van der Waals surface area contributed by atoms with Crippen LogP contribution in [0.25, 0.3) is 0 Å². The highest BCUT2D eigenvalue weighted by Crippen LogP contribution is 2.23. The Kier molecular flexibility index (Phi) is 4.82. The molecule has 2 aromatic rings. The van der Waals surface area contributed by atoms with Crippen molar-refractivity contribution >= 4 is 16.1 Å². The summed E-state index contributed by atoms with van der Waals surface area (Å²) in [5.41, 5.74) is 0.719. The van der Waals surface area contributed by atoms with Gasteiger partial charge >= 0.3 is 16.1 Å². The molecule has 0 fully saturated rings. The van der Waals surface area contributed by atoms with Crippen molar-refractivity contribution in [1.29, 1.82) is 0 Å². The fourth-order valence-electron chi connectivity index (χ4n) is 1.89. The molecular weight excluding hydrogens is 304 g/mol. The van der Waals surface area contributed by atoms with Crippen LogP contribution in [0.2, 0.25) is 0 Å². The minimum Gasteiger partial charge on any atom is -0.469 e. The molecule has 0 aromatic heterocycles. The van der Waals surface area contributed by atoms with E-state index < -0.39 is 16.0 Å². The molecule has 0 N–H and O–H groups in total. The maximum Gasteiger partial charge on any atom is 0.339 e. The third-order valence-corrected chi connectivity index (χ3v) is 4.43. The molecule has 2 aromatic carbocycles. The Balaban J connectivity index is 2.17. The van der Waals surface area contributed by atoms with Crippen molar-refractivity contribution in [3.05, 3.63) is 60.2 Å². The Morgan fingerprint density at radius 2 is 1.59 bits per heavy atom. The molecule has 0 spiro atoms. The van der Waals surface area contributed by atoms with E-state index in [1.54, 1.807) is 37.3 Å². The average molecular weight is 320 g/mol. The van der Waals surface area contributed by atoms with Crippen molar-refractivity contribution in [3.63, 3.8) is 0 Å². The topological polar surface area (TPSA) is 69.7 Å². The van der Waals surface area contributed by atoms with Crippen LogP contribution in [-0.4, -0.2) is 21.5 Å². The van der Waals surface area contributed by atoms with Crippen LogP contribution in [0.5, 0.6) is 5.75 Å². The Bertz CT molecular complexity index is 736. The van der Waals surface area contributed by atoms with Gasteiger partial charge in [0.1, 0.15) is 10.6 Å². The van der Waals surface area contributed by atoms with Gasteiger partial charge in [0.25, 0.3) is 0 Å². The maximum absolute atomic E-state index is 12.1. The predicted molar refractivity (Wildman–Crippen MR) is 81.1 cm³/mol. The Hall–Kier alpha value is -2.34. The number of carbonyl (C=O) groups excluding carboxylic acids is 1. The van der Waals surface area contributed by atoms with Crippen LogP contribution < -0.4 is 4.18 Å². The van der Waals surface area contributed by atoms with Gasteiger partial charge in [-0.05, 0) is 36.8 Å². The van der Waals surface area contributed by atoms with E-state index in [0.29, 0.717) is 0 Å². The number of methoxy groups -OCH3 is 1. The lowest BCUT2D eigenvalue weighted by Gasteiger charge is -2.11. The van der Waals surface area contributed by atoms with Gasteiger partial charge in [-0.15, -0.1) is 0 Å². The highest BCUT2D eigenvalue weighted by molar-refractivity contribution is 7.87. The molecule has 0 aliphatic heterocycles. The van der Waals surface area contributed by atoms with Crippen molar-refractivity contribution in [3.8, 4) is 5.75 Å². The average Bonchev–Trinajstić information content (AvgIpc) is 2.54. The molecule has 0 heterocycles. The van der Waals surface area contributed by atoms with E-state index in [9.17, 15) is 13.2 Å². The fourth-order valence-corrected chi connectivity index (χ4v) is 2.84. The van der Waals surface area contributed by atoms with Crippen molar-refractivity contribution in [2.45, 2.75) is 17.7 Å². The Morgan fingerprint density at radius 3 is 2.14 bits per heavy atom. The molecule has 2 rings (SSSR count). The molecule has 22 heavy (non-hydrogen) atoms. The lowest BCUT2D eigenvalue weighted by Crippen LogP contribution is -2.11. The van der Waals surface area contributed by atoms with Crippen LogP contribution in [0, 0.1) is 0 Å². The van der Waals surface area contributed by atoms with Gasteiger partial charge in [-0.1, -0.05) is 30.3 Å². The van der Waals surface area contributed by atoms with Gasteiger partial charge in [-0.25, -0.2) is 0 Å². The first-order valence-electron chi connectivity index (χ1n) is 6.61. The van der Waals surface area contributed by atoms with Crippen molar-refractivity contribution in [2.24, 2.45) is 0 Å². The molecule has 0 aliphatic carbocycles. The Morgan fingerprint density at radius 1 is 1.00 bits per heavy atom. The number of hydrogen-bond acceptors (Lipinski definition) is 5. The van der Waals surface area contributed by atoms with Gasteiger partial charge < -0.3 is 8.92 Å². The molecule has 0 radical (unpaired) electrons. The van der Waals surface area contributed by atoms with E-state index in [4.69, 9.17) is 4.18 Å². The van der Waals surface area contributed by atoms with E-state index in [1.807, 2.05) is 0 Å². The highest BCUT2D eigenvalue weighted by atomic mass is 32.2. The third kappa shape index (κ3) is 3.65. The second-order valence-corrected chi connectivity index (χ2v) is 6.21. The molecule has 0 saturated heterocycles. The second-order valence-electron chi connectivity index (χ2n) is 4.66. The van der Waals surface area contributed by atoms with Crippen molar-refractivity contribution < 1.29 is 22.1 Å². The molecular formula is C16H16O5S. The SMILES string of the molecule is COC(=O)C(C)c1ccc(OS(=O)(=O)c2ccccc2)cc1. The van der Waals surface area contributed by atoms with Crippen molar-refractivity contribution in [1.82, 2.24) is 0 Å². The standard InChI is InChI=1S/C16H16O5S/c1-12(16(17)20-2)13-8-10-14(11-9-13)21-22(18,19)15-6-4-3-5-7-15/h3-12H,1-2H3. The highest BCUT2D eigenvalue weighted by Gasteiger charge is 2.18. The molecule has 0 amide bonds. The number of carbonyl (C=O) groups is 1. The van der Waals surface area contributed by atoms with Crippen LogP contribution in [0.15, 0.2) is 59.5 Å². The van der Waals surface area contributed by atoms with Crippen molar-refractivity contribution in [2.75, 3.05) is 7.11 Å². The minimum atomic E-state index is -3.86. The number of hydrogen-bond donors (Lipinski definition) is 0. The summed E-state index contributed by atoms with van der Waals surface area (Å²) >= 11 is 0. The van der Waals surface area contributed by atoms with Gasteiger partial charge in [-0.3, -0.25) is 4.79 Å². The van der Waals surface area contributed by atoms with Gasteiger partial charge in [0.05, 0.1) is 13.0 Å². The molecule has 5 nitrogen and oxygen atoms in total. The van der Waals surface area contributed by atoms with E-state index >= 15 is 0 Å². The first kappa shape index (κ1) is 16.0. The normalized spacial score (nSPS) is 12.5. The summed E-state index contributed by atoms with van der Waals surface area (Å²) in [6.45, 7) is 1.71. The van der Waals surface area contributed by atoms with E-state index in [-0.39, 0.29) is 16.6 Å². The molecule has 0 aliphatic rings. The van der Waals surface area contributed by atoms with Gasteiger partial charge in [0, 0.05) is 0 Å². The van der Waals surface area contributed by atoms with Crippen LogP contribution in [0.4, 0.5) is 0 Å². The summed E-state index contributed by atoms with van der Waals surface area (Å²) in [7, 11) is -2.54. The van der Waals surface area contributed by atoms with Crippen LogP contribution in [0.3, 0.4) is 0 Å². The van der Waals surface area contributed by atoms with Gasteiger partial charge in [0.2, 0.25) is 0 Å². The summed E-state index contributed by atoms with van der Waals surface area (Å²) < 4.78 is 33.9. The summed E-state index contributed by atoms with van der Waals surface area (Å²) in [4.78, 5) is 11.5. The Labute approximate surface area is 129 Å². The van der Waals surface area contributed by atoms with Gasteiger partial charge in [0.15, 0.2) is 0 Å². The zero-order chi connectivity index (χ0) is 16.2. The zero-order valence-corrected chi connectivity index (χ0v) is 13.0. The molecule has 6 heteroatoms. The second kappa shape index (κ2) is 6.62. The smallest absolute Gasteiger partial charge is 0.339 e. The lowest BCUT2D eigenvalue weighted by molar-refractivity contribution is -0.141. The molecule has 0 saturated carbocycles. The van der Waals surface area contributed by atoms with E-state index in [2.05, 4.69) is 4.74 Å². The lowest BCUT2D eigenvalue weighted by atomic mass is 10.0. The summed E-state index contributed by atoms with van der Waals surface area (Å²) in [6, 6.07) is 14.2. The number of ether oxygens (including phenoxy) is 1. The summed E-state index contributed by atoms with van der Waals surface area (Å²) in [5, 5.41) is 0. The number of benzene rings is 2. The zero-order valence-electron chi connectivity index (χ0n) is 12.2. The number of esters is 1.